The normalized spacial score (nSPS) is 11.3. The Kier molecular flexibility index (Phi) is 7.84. The van der Waals surface area contributed by atoms with Crippen molar-refractivity contribution in [1.82, 2.24) is 4.98 Å². The summed E-state index contributed by atoms with van der Waals surface area (Å²) in [6, 6.07) is 3.46. The summed E-state index contributed by atoms with van der Waals surface area (Å²) in [5.74, 6) is 0.298. The lowest BCUT2D eigenvalue weighted by Gasteiger charge is -2.23. The number of nitrogens with one attached hydrogen (secondary N) is 1. The van der Waals surface area contributed by atoms with E-state index < -0.39 is 5.60 Å². The first kappa shape index (κ1) is 18.4. The van der Waals surface area contributed by atoms with E-state index in [0.717, 1.165) is 6.42 Å². The standard InChI is InChI=1S/C16H26N2O4/c1-5-9-22-16(3,4)15(19)18-13-7-8-14(17-12-13)21-11-10-20-6-2/h7-8,12H,5-6,9-11H2,1-4H3,(H,18,19). The zero-order valence-corrected chi connectivity index (χ0v) is 13.8. The Balaban J connectivity index is 2.47. The first-order chi connectivity index (χ1) is 10.5. The summed E-state index contributed by atoms with van der Waals surface area (Å²) in [7, 11) is 0. The van der Waals surface area contributed by atoms with Crippen LogP contribution in [0.4, 0.5) is 5.69 Å². The van der Waals surface area contributed by atoms with Crippen LogP contribution in [0.1, 0.15) is 34.1 Å². The molecule has 0 saturated carbocycles. The number of nitrogens with zero attached hydrogens (tertiary/aromatic N) is 1. The molecule has 0 fully saturated rings. The van der Waals surface area contributed by atoms with Gasteiger partial charge >= 0.3 is 0 Å². The fourth-order valence-electron chi connectivity index (χ4n) is 1.59. The van der Waals surface area contributed by atoms with E-state index in [2.05, 4.69) is 10.3 Å². The quantitative estimate of drug-likeness (QED) is 0.673. The number of hydrogen-bond donors (Lipinski definition) is 1. The van der Waals surface area contributed by atoms with Gasteiger partial charge in [0.1, 0.15) is 12.2 Å². The molecule has 1 aromatic heterocycles. The van der Waals surface area contributed by atoms with Crippen LogP contribution in [0.5, 0.6) is 5.88 Å². The van der Waals surface area contributed by atoms with Gasteiger partial charge < -0.3 is 19.5 Å². The molecule has 0 unspecified atom stereocenters. The van der Waals surface area contributed by atoms with Gasteiger partial charge in [0.05, 0.1) is 18.5 Å². The van der Waals surface area contributed by atoms with Crippen molar-refractivity contribution in [2.75, 3.05) is 31.7 Å². The van der Waals surface area contributed by atoms with Crippen LogP contribution in [0, 0.1) is 0 Å². The van der Waals surface area contributed by atoms with Crippen LogP contribution in [-0.4, -0.2) is 42.9 Å². The summed E-state index contributed by atoms with van der Waals surface area (Å²) in [5.41, 5.74) is -0.266. The van der Waals surface area contributed by atoms with Crippen LogP contribution >= 0.6 is 0 Å². The maximum absolute atomic E-state index is 12.2. The highest BCUT2D eigenvalue weighted by molar-refractivity contribution is 5.96. The SMILES string of the molecule is CCCOC(C)(C)C(=O)Nc1ccc(OCCOCC)nc1. The predicted molar refractivity (Wildman–Crippen MR) is 85.2 cm³/mol. The van der Waals surface area contributed by atoms with Crippen molar-refractivity contribution in [1.29, 1.82) is 0 Å². The van der Waals surface area contributed by atoms with E-state index in [0.29, 0.717) is 38.0 Å². The van der Waals surface area contributed by atoms with Crippen LogP contribution in [0.3, 0.4) is 0 Å². The first-order valence-electron chi connectivity index (χ1n) is 7.61. The molecule has 6 nitrogen and oxygen atoms in total. The molecule has 0 atom stereocenters. The van der Waals surface area contributed by atoms with Gasteiger partial charge in [-0.2, -0.15) is 0 Å². The van der Waals surface area contributed by atoms with Gasteiger partial charge in [0, 0.05) is 19.3 Å². The molecule has 0 spiro atoms. The van der Waals surface area contributed by atoms with Crippen molar-refractivity contribution < 1.29 is 19.0 Å². The summed E-state index contributed by atoms with van der Waals surface area (Å²) >= 11 is 0. The third-order valence-corrected chi connectivity index (χ3v) is 2.89. The van der Waals surface area contributed by atoms with Gasteiger partial charge in [-0.3, -0.25) is 4.79 Å². The van der Waals surface area contributed by atoms with Crippen molar-refractivity contribution in [2.45, 2.75) is 39.7 Å². The van der Waals surface area contributed by atoms with Crippen LogP contribution in [0.2, 0.25) is 0 Å². The average Bonchev–Trinajstić information content (AvgIpc) is 2.51. The molecule has 0 bridgehead atoms. The van der Waals surface area contributed by atoms with E-state index in [1.54, 1.807) is 32.2 Å². The Hall–Kier alpha value is -1.66. The monoisotopic (exact) mass is 310 g/mol. The van der Waals surface area contributed by atoms with Gasteiger partial charge in [0.2, 0.25) is 5.88 Å². The van der Waals surface area contributed by atoms with E-state index >= 15 is 0 Å². The minimum Gasteiger partial charge on any atom is -0.475 e. The highest BCUT2D eigenvalue weighted by Gasteiger charge is 2.28. The average molecular weight is 310 g/mol. The second-order valence-electron chi connectivity index (χ2n) is 5.24. The summed E-state index contributed by atoms with van der Waals surface area (Å²) in [6.07, 6.45) is 2.43. The van der Waals surface area contributed by atoms with Gasteiger partial charge in [-0.1, -0.05) is 6.92 Å². The number of ether oxygens (including phenoxy) is 3. The Morgan fingerprint density at radius 1 is 1.23 bits per heavy atom. The molecule has 0 aliphatic carbocycles. The molecule has 0 radical (unpaired) electrons. The second-order valence-corrected chi connectivity index (χ2v) is 5.24. The molecule has 1 aromatic rings. The van der Waals surface area contributed by atoms with E-state index in [9.17, 15) is 4.79 Å². The molecule has 1 N–H and O–H groups in total. The van der Waals surface area contributed by atoms with Crippen molar-refractivity contribution >= 4 is 11.6 Å². The molecular formula is C16H26N2O4. The number of carbonyl (C=O) groups is 1. The topological polar surface area (TPSA) is 69.7 Å². The number of hydrogen-bond acceptors (Lipinski definition) is 5. The van der Waals surface area contributed by atoms with Crippen LogP contribution in [0.25, 0.3) is 0 Å². The van der Waals surface area contributed by atoms with Crippen LogP contribution in [-0.2, 0) is 14.3 Å². The van der Waals surface area contributed by atoms with Crippen molar-refractivity contribution in [3.05, 3.63) is 18.3 Å². The van der Waals surface area contributed by atoms with Crippen molar-refractivity contribution in [3.8, 4) is 5.88 Å². The van der Waals surface area contributed by atoms with Gasteiger partial charge in [-0.05, 0) is 33.3 Å². The van der Waals surface area contributed by atoms with Crippen LogP contribution in [0.15, 0.2) is 18.3 Å². The molecule has 0 saturated heterocycles. The molecule has 1 rings (SSSR count). The molecule has 0 aliphatic heterocycles. The van der Waals surface area contributed by atoms with Crippen LogP contribution < -0.4 is 10.1 Å². The molecule has 0 aliphatic rings. The molecular weight excluding hydrogens is 284 g/mol. The minimum atomic E-state index is -0.872. The third kappa shape index (κ3) is 6.41. The molecule has 124 valence electrons. The number of carbonyl (C=O) groups excluding carboxylic acids is 1. The Morgan fingerprint density at radius 2 is 2.00 bits per heavy atom. The van der Waals surface area contributed by atoms with E-state index in [-0.39, 0.29) is 5.91 Å². The number of pyridine rings is 1. The minimum absolute atomic E-state index is 0.201. The lowest BCUT2D eigenvalue weighted by atomic mass is 10.1. The number of anilines is 1. The van der Waals surface area contributed by atoms with Gasteiger partial charge in [-0.25, -0.2) is 4.98 Å². The fraction of sp³-hybridized carbons (Fsp3) is 0.625. The second kappa shape index (κ2) is 9.38. The Morgan fingerprint density at radius 3 is 2.59 bits per heavy atom. The van der Waals surface area contributed by atoms with Gasteiger partial charge in [0.15, 0.2) is 0 Å². The van der Waals surface area contributed by atoms with Gasteiger partial charge in [-0.15, -0.1) is 0 Å². The zero-order chi connectivity index (χ0) is 16.4. The molecule has 1 heterocycles. The fourth-order valence-corrected chi connectivity index (χ4v) is 1.59. The van der Waals surface area contributed by atoms with Crippen molar-refractivity contribution in [2.24, 2.45) is 0 Å². The summed E-state index contributed by atoms with van der Waals surface area (Å²) in [5, 5.41) is 2.79. The zero-order valence-electron chi connectivity index (χ0n) is 13.8. The first-order valence-corrected chi connectivity index (χ1v) is 7.61. The van der Waals surface area contributed by atoms with E-state index in [1.807, 2.05) is 13.8 Å². The molecule has 22 heavy (non-hydrogen) atoms. The number of rotatable bonds is 10. The summed E-state index contributed by atoms with van der Waals surface area (Å²) in [4.78, 5) is 16.3. The Bertz CT molecular complexity index is 446. The molecule has 6 heteroatoms. The maximum Gasteiger partial charge on any atom is 0.256 e. The third-order valence-electron chi connectivity index (χ3n) is 2.89. The van der Waals surface area contributed by atoms with E-state index in [4.69, 9.17) is 14.2 Å². The smallest absolute Gasteiger partial charge is 0.256 e. The molecule has 0 aromatic carbocycles. The highest BCUT2D eigenvalue weighted by Crippen LogP contribution is 2.16. The number of amides is 1. The predicted octanol–water partition coefficient (Wildman–Crippen LogP) is 2.64. The van der Waals surface area contributed by atoms with E-state index in [1.165, 1.54) is 0 Å². The Labute approximate surface area is 132 Å². The summed E-state index contributed by atoms with van der Waals surface area (Å²) in [6.45, 7) is 9.61. The highest BCUT2D eigenvalue weighted by atomic mass is 16.5. The number of aromatic nitrogens is 1. The lowest BCUT2D eigenvalue weighted by molar-refractivity contribution is -0.137. The largest absolute Gasteiger partial charge is 0.475 e. The van der Waals surface area contributed by atoms with Crippen molar-refractivity contribution in [3.63, 3.8) is 0 Å². The molecule has 1 amide bonds. The summed E-state index contributed by atoms with van der Waals surface area (Å²) < 4.78 is 16.1. The van der Waals surface area contributed by atoms with Gasteiger partial charge in [0.25, 0.3) is 5.91 Å². The maximum atomic E-state index is 12.2. The lowest BCUT2D eigenvalue weighted by Crippen LogP contribution is -2.40.